The molecule has 6 heteroatoms. The molecule has 0 aliphatic rings. The second kappa shape index (κ2) is 6.47. The van der Waals surface area contributed by atoms with E-state index < -0.39 is 33.1 Å². The molecular formula is C13H16O5S. The lowest BCUT2D eigenvalue weighted by molar-refractivity contribution is -0.137. The number of rotatable bonds is 6. The normalized spacial score (nSPS) is 11.1. The number of hydrogen-bond acceptors (Lipinski definition) is 5. The number of ketones is 1. The molecule has 0 aromatic heterocycles. The van der Waals surface area contributed by atoms with Crippen LogP contribution in [0, 0.1) is 0 Å². The van der Waals surface area contributed by atoms with Crippen LogP contribution >= 0.6 is 0 Å². The Balaban J connectivity index is 2.75. The minimum absolute atomic E-state index is 0.325. The lowest BCUT2D eigenvalue weighted by Gasteiger charge is -2.04. The number of sulfone groups is 1. The lowest BCUT2D eigenvalue weighted by atomic mass is 10.1. The molecule has 0 heterocycles. The van der Waals surface area contributed by atoms with Crippen LogP contribution in [0.15, 0.2) is 24.3 Å². The van der Waals surface area contributed by atoms with Crippen molar-refractivity contribution >= 4 is 21.6 Å². The Hall–Kier alpha value is -1.69. The summed E-state index contributed by atoms with van der Waals surface area (Å²) in [5, 5.41) is 0. The van der Waals surface area contributed by atoms with Gasteiger partial charge >= 0.3 is 5.97 Å². The molecule has 0 spiro atoms. The summed E-state index contributed by atoms with van der Waals surface area (Å²) in [4.78, 5) is 22.7. The lowest BCUT2D eigenvalue weighted by Crippen LogP contribution is -2.24. The highest BCUT2D eigenvalue weighted by Crippen LogP contribution is 2.07. The zero-order valence-electron chi connectivity index (χ0n) is 10.9. The molecule has 1 rings (SSSR count). The molecule has 19 heavy (non-hydrogen) atoms. The Morgan fingerprint density at radius 3 is 2.16 bits per heavy atom. The van der Waals surface area contributed by atoms with Crippen LogP contribution in [0.1, 0.15) is 22.8 Å². The van der Waals surface area contributed by atoms with Gasteiger partial charge < -0.3 is 4.74 Å². The van der Waals surface area contributed by atoms with Crippen LogP contribution in [0.25, 0.3) is 0 Å². The summed E-state index contributed by atoms with van der Waals surface area (Å²) in [6.45, 7) is 1.98. The Morgan fingerprint density at radius 2 is 1.68 bits per heavy atom. The largest absolute Gasteiger partial charge is 0.468 e. The minimum atomic E-state index is -3.78. The first kappa shape index (κ1) is 15.4. The van der Waals surface area contributed by atoms with E-state index in [2.05, 4.69) is 4.74 Å². The van der Waals surface area contributed by atoms with Crippen LogP contribution < -0.4 is 0 Å². The topological polar surface area (TPSA) is 77.5 Å². The van der Waals surface area contributed by atoms with Gasteiger partial charge in [-0.05, 0) is 12.0 Å². The SMILES string of the molecule is CCc1ccc(C(=O)CS(=O)(=O)CC(=O)OC)cc1. The Labute approximate surface area is 112 Å². The van der Waals surface area contributed by atoms with E-state index in [0.29, 0.717) is 5.56 Å². The molecule has 0 saturated carbocycles. The van der Waals surface area contributed by atoms with Crippen molar-refractivity contribution in [3.8, 4) is 0 Å². The molecule has 0 bridgehead atoms. The quantitative estimate of drug-likeness (QED) is 0.575. The summed E-state index contributed by atoms with van der Waals surface area (Å²) >= 11 is 0. The monoisotopic (exact) mass is 284 g/mol. The van der Waals surface area contributed by atoms with Gasteiger partial charge in [0, 0.05) is 5.56 Å². The van der Waals surface area contributed by atoms with Gasteiger partial charge in [0.25, 0.3) is 0 Å². The van der Waals surface area contributed by atoms with Crippen LogP contribution in [0.3, 0.4) is 0 Å². The van der Waals surface area contributed by atoms with Crippen LogP contribution in [-0.2, 0) is 25.8 Å². The van der Waals surface area contributed by atoms with Gasteiger partial charge in [-0.2, -0.15) is 0 Å². The molecule has 104 valence electrons. The third kappa shape index (κ3) is 4.82. The molecule has 1 aromatic rings. The summed E-state index contributed by atoms with van der Waals surface area (Å²) in [5.41, 5.74) is 1.39. The summed E-state index contributed by atoms with van der Waals surface area (Å²) in [6.07, 6.45) is 0.842. The fourth-order valence-corrected chi connectivity index (χ4v) is 2.64. The second-order valence-corrected chi connectivity index (χ2v) is 6.15. The molecule has 0 radical (unpaired) electrons. The molecule has 0 fully saturated rings. The highest BCUT2D eigenvalue weighted by Gasteiger charge is 2.21. The highest BCUT2D eigenvalue weighted by molar-refractivity contribution is 7.92. The van der Waals surface area contributed by atoms with E-state index in [1.54, 1.807) is 24.3 Å². The van der Waals surface area contributed by atoms with E-state index in [1.807, 2.05) is 6.92 Å². The average Bonchev–Trinajstić information content (AvgIpc) is 2.37. The number of aryl methyl sites for hydroxylation is 1. The van der Waals surface area contributed by atoms with Crippen LogP contribution in [0.2, 0.25) is 0 Å². The maximum absolute atomic E-state index is 11.8. The summed E-state index contributed by atoms with van der Waals surface area (Å²) < 4.78 is 27.4. The molecule has 0 aliphatic carbocycles. The van der Waals surface area contributed by atoms with E-state index in [9.17, 15) is 18.0 Å². The predicted molar refractivity (Wildman–Crippen MR) is 70.8 cm³/mol. The maximum atomic E-state index is 11.8. The van der Waals surface area contributed by atoms with Crippen molar-refractivity contribution in [1.82, 2.24) is 0 Å². The number of methoxy groups -OCH3 is 1. The van der Waals surface area contributed by atoms with Crippen molar-refractivity contribution in [3.05, 3.63) is 35.4 Å². The van der Waals surface area contributed by atoms with Crippen LogP contribution in [0.4, 0.5) is 0 Å². The highest BCUT2D eigenvalue weighted by atomic mass is 32.2. The average molecular weight is 284 g/mol. The zero-order valence-corrected chi connectivity index (χ0v) is 11.7. The number of ether oxygens (including phenoxy) is 1. The number of benzene rings is 1. The van der Waals surface area contributed by atoms with Crippen molar-refractivity contribution in [2.45, 2.75) is 13.3 Å². The van der Waals surface area contributed by atoms with Crippen LogP contribution in [0.5, 0.6) is 0 Å². The van der Waals surface area contributed by atoms with Crippen molar-refractivity contribution < 1.29 is 22.7 Å². The van der Waals surface area contributed by atoms with Crippen molar-refractivity contribution in [3.63, 3.8) is 0 Å². The summed E-state index contributed by atoms with van der Waals surface area (Å²) in [7, 11) is -2.68. The van der Waals surface area contributed by atoms with Crippen molar-refractivity contribution in [2.75, 3.05) is 18.6 Å². The maximum Gasteiger partial charge on any atom is 0.320 e. The minimum Gasteiger partial charge on any atom is -0.468 e. The van der Waals surface area contributed by atoms with Crippen molar-refractivity contribution in [1.29, 1.82) is 0 Å². The number of carbonyl (C=O) groups excluding carboxylic acids is 2. The fraction of sp³-hybridized carbons (Fsp3) is 0.385. The third-order valence-corrected chi connectivity index (χ3v) is 3.98. The molecule has 0 aliphatic heterocycles. The van der Waals surface area contributed by atoms with Gasteiger partial charge in [-0.3, -0.25) is 9.59 Å². The molecule has 0 N–H and O–H groups in total. The van der Waals surface area contributed by atoms with Gasteiger partial charge in [0.1, 0.15) is 11.5 Å². The number of Topliss-reactive ketones (excluding diaryl/α,β-unsaturated/α-hetero) is 1. The van der Waals surface area contributed by atoms with Gasteiger partial charge in [-0.15, -0.1) is 0 Å². The van der Waals surface area contributed by atoms with E-state index in [-0.39, 0.29) is 0 Å². The van der Waals surface area contributed by atoms with E-state index in [4.69, 9.17) is 0 Å². The summed E-state index contributed by atoms with van der Waals surface area (Å²) in [5.74, 6) is -2.85. The Kier molecular flexibility index (Phi) is 5.23. The first-order chi connectivity index (χ1) is 8.88. The van der Waals surface area contributed by atoms with Gasteiger partial charge in [-0.1, -0.05) is 31.2 Å². The molecule has 0 saturated heterocycles. The molecule has 0 amide bonds. The molecule has 0 unspecified atom stereocenters. The Bertz CT molecular complexity index is 557. The number of carbonyl (C=O) groups is 2. The number of hydrogen-bond donors (Lipinski definition) is 0. The molecule has 5 nitrogen and oxygen atoms in total. The summed E-state index contributed by atoms with van der Waals surface area (Å²) in [6, 6.07) is 6.74. The van der Waals surface area contributed by atoms with Crippen molar-refractivity contribution in [2.24, 2.45) is 0 Å². The standard InChI is InChI=1S/C13H16O5S/c1-3-10-4-6-11(7-5-10)12(14)8-19(16,17)9-13(15)18-2/h4-7H,3,8-9H2,1-2H3. The zero-order chi connectivity index (χ0) is 14.5. The van der Waals surface area contributed by atoms with E-state index >= 15 is 0 Å². The molecule has 0 atom stereocenters. The van der Waals surface area contributed by atoms with Gasteiger partial charge in [0.05, 0.1) is 7.11 Å². The molecule has 1 aromatic carbocycles. The van der Waals surface area contributed by atoms with Gasteiger partial charge in [-0.25, -0.2) is 8.42 Å². The van der Waals surface area contributed by atoms with Gasteiger partial charge in [0.15, 0.2) is 15.6 Å². The smallest absolute Gasteiger partial charge is 0.320 e. The van der Waals surface area contributed by atoms with Gasteiger partial charge in [0.2, 0.25) is 0 Å². The molecular weight excluding hydrogens is 268 g/mol. The second-order valence-electron chi connectivity index (χ2n) is 4.08. The predicted octanol–water partition coefficient (Wildman–Crippen LogP) is 1.02. The van der Waals surface area contributed by atoms with E-state index in [0.717, 1.165) is 19.1 Å². The van der Waals surface area contributed by atoms with E-state index in [1.165, 1.54) is 0 Å². The Morgan fingerprint density at radius 1 is 1.11 bits per heavy atom. The first-order valence-corrected chi connectivity index (χ1v) is 7.59. The van der Waals surface area contributed by atoms with Crippen LogP contribution in [-0.4, -0.2) is 38.8 Å². The fourth-order valence-electron chi connectivity index (χ4n) is 1.50. The first-order valence-electron chi connectivity index (χ1n) is 5.77. The number of esters is 1. The third-order valence-electron chi connectivity index (χ3n) is 2.60.